The molecule has 2 aromatic carbocycles. The van der Waals surface area contributed by atoms with Gasteiger partial charge in [-0.05, 0) is 29.5 Å². The molecule has 0 aliphatic carbocycles. The summed E-state index contributed by atoms with van der Waals surface area (Å²) in [5, 5.41) is 11.5. The van der Waals surface area contributed by atoms with E-state index < -0.39 is 0 Å². The molecular weight excluding hydrogens is 252 g/mol. The first-order valence-corrected chi connectivity index (χ1v) is 6.46. The smallest absolute Gasteiger partial charge is 0.269 e. The average molecular weight is 268 g/mol. The molecule has 1 aromatic heterocycles. The van der Waals surface area contributed by atoms with E-state index in [0.717, 1.165) is 12.0 Å². The Labute approximate surface area is 117 Å². The fraction of sp³-hybridized carbons (Fsp3) is 0.125. The Morgan fingerprint density at radius 2 is 1.75 bits per heavy atom. The van der Waals surface area contributed by atoms with Crippen molar-refractivity contribution < 1.29 is 4.92 Å². The van der Waals surface area contributed by atoms with Gasteiger partial charge in [-0.2, -0.15) is 0 Å². The van der Waals surface area contributed by atoms with Gasteiger partial charge in [0, 0.05) is 23.8 Å². The zero-order chi connectivity index (χ0) is 14.4. The molecule has 0 bridgehead atoms. The van der Waals surface area contributed by atoms with Gasteiger partial charge in [0.1, 0.15) is 0 Å². The van der Waals surface area contributed by atoms with Crippen molar-refractivity contribution in [2.75, 3.05) is 0 Å². The molecule has 0 saturated heterocycles. The minimum Gasteiger partial charge on any atom is -0.361 e. The molecule has 0 unspecified atom stereocenters. The number of hydrogen-bond donors (Lipinski definition) is 1. The Bertz CT molecular complexity index is 657. The van der Waals surface area contributed by atoms with E-state index in [-0.39, 0.29) is 10.6 Å². The molecule has 4 heteroatoms. The summed E-state index contributed by atoms with van der Waals surface area (Å²) in [6, 6.07) is 16.9. The van der Waals surface area contributed by atoms with E-state index in [9.17, 15) is 10.1 Å². The molecule has 0 fully saturated rings. The van der Waals surface area contributed by atoms with Crippen molar-refractivity contribution in [1.29, 1.82) is 0 Å². The minimum absolute atomic E-state index is 0.155. The molecule has 0 saturated carbocycles. The van der Waals surface area contributed by atoms with E-state index in [1.807, 2.05) is 25.3 Å². The second kappa shape index (κ2) is 6.52. The van der Waals surface area contributed by atoms with Crippen LogP contribution in [0.5, 0.6) is 0 Å². The monoisotopic (exact) mass is 268 g/mol. The molecular formula is C16H16N2O2. The Kier molecular flexibility index (Phi) is 4.50. The summed E-state index contributed by atoms with van der Waals surface area (Å²) < 4.78 is 0. The van der Waals surface area contributed by atoms with Gasteiger partial charge in [-0.1, -0.05) is 37.3 Å². The lowest BCUT2D eigenvalue weighted by molar-refractivity contribution is -0.384. The predicted molar refractivity (Wildman–Crippen MR) is 80.8 cm³/mol. The van der Waals surface area contributed by atoms with E-state index in [1.165, 1.54) is 23.0 Å². The van der Waals surface area contributed by atoms with Crippen LogP contribution in [0.2, 0.25) is 0 Å². The second-order valence-electron chi connectivity index (χ2n) is 4.34. The van der Waals surface area contributed by atoms with Crippen LogP contribution in [-0.2, 0) is 6.42 Å². The van der Waals surface area contributed by atoms with Gasteiger partial charge in [0.15, 0.2) is 0 Å². The van der Waals surface area contributed by atoms with Crippen LogP contribution in [0.1, 0.15) is 12.5 Å². The number of aryl methyl sites for hydroxylation is 1. The summed E-state index contributed by atoms with van der Waals surface area (Å²) in [5.41, 5.74) is 2.48. The van der Waals surface area contributed by atoms with Crippen molar-refractivity contribution in [3.05, 3.63) is 76.5 Å². The summed E-state index contributed by atoms with van der Waals surface area (Å²) in [7, 11) is 0. The number of non-ortho nitro benzene ring substituents is 1. The molecule has 4 nitrogen and oxygen atoms in total. The first-order chi connectivity index (χ1) is 9.70. The van der Waals surface area contributed by atoms with Crippen LogP contribution >= 0.6 is 0 Å². The summed E-state index contributed by atoms with van der Waals surface area (Å²) in [5.74, 6) is 0. The number of nitrogens with one attached hydrogen (secondary N) is 1. The third-order valence-electron chi connectivity index (χ3n) is 3.02. The number of aromatic nitrogens is 1. The number of hydrogen-bond acceptors (Lipinski definition) is 2. The summed E-state index contributed by atoms with van der Waals surface area (Å²) >= 11 is 0. The fourth-order valence-electron chi connectivity index (χ4n) is 1.85. The Balaban J connectivity index is 0.000000149. The number of fused-ring (bicyclic) bond motifs is 1. The molecule has 0 aliphatic rings. The van der Waals surface area contributed by atoms with Gasteiger partial charge < -0.3 is 4.98 Å². The summed E-state index contributed by atoms with van der Waals surface area (Å²) in [4.78, 5) is 12.9. The standard InChI is InChI=1S/C8H9NO2.C8H7N/c1-2-7-3-5-8(6-4-7)9(10)11;1-2-4-8-7(3-1)5-6-9-8/h3-6H,2H2,1H3;1-6,9H. The highest BCUT2D eigenvalue weighted by atomic mass is 16.6. The largest absolute Gasteiger partial charge is 0.361 e. The van der Waals surface area contributed by atoms with Crippen molar-refractivity contribution in [2.24, 2.45) is 0 Å². The number of H-pyrrole nitrogens is 1. The van der Waals surface area contributed by atoms with E-state index in [1.54, 1.807) is 12.1 Å². The SMILES string of the molecule is CCc1ccc([N+](=O)[O-])cc1.c1ccc2[nH]ccc2c1. The summed E-state index contributed by atoms with van der Waals surface area (Å²) in [6.07, 6.45) is 2.86. The normalized spacial score (nSPS) is 9.85. The molecule has 20 heavy (non-hydrogen) atoms. The average Bonchev–Trinajstić information content (AvgIpc) is 2.96. The molecule has 0 aliphatic heterocycles. The van der Waals surface area contributed by atoms with Crippen LogP contribution in [0.4, 0.5) is 5.69 Å². The van der Waals surface area contributed by atoms with Gasteiger partial charge in [0.25, 0.3) is 5.69 Å². The third-order valence-corrected chi connectivity index (χ3v) is 3.02. The Morgan fingerprint density at radius 1 is 1.05 bits per heavy atom. The number of nitrogens with zero attached hydrogens (tertiary/aromatic N) is 1. The van der Waals surface area contributed by atoms with Gasteiger partial charge in [0.05, 0.1) is 4.92 Å². The maximum absolute atomic E-state index is 10.2. The van der Waals surface area contributed by atoms with Crippen LogP contribution in [0.15, 0.2) is 60.8 Å². The zero-order valence-electron chi connectivity index (χ0n) is 11.2. The lowest BCUT2D eigenvalue weighted by Crippen LogP contribution is -1.87. The highest BCUT2D eigenvalue weighted by Gasteiger charge is 2.01. The van der Waals surface area contributed by atoms with Crippen molar-refractivity contribution in [2.45, 2.75) is 13.3 Å². The van der Waals surface area contributed by atoms with E-state index in [4.69, 9.17) is 0 Å². The Morgan fingerprint density at radius 3 is 2.35 bits per heavy atom. The lowest BCUT2D eigenvalue weighted by Gasteiger charge is -1.93. The van der Waals surface area contributed by atoms with Crippen LogP contribution in [0.25, 0.3) is 10.9 Å². The van der Waals surface area contributed by atoms with Gasteiger partial charge in [-0.15, -0.1) is 0 Å². The van der Waals surface area contributed by atoms with Crippen molar-refractivity contribution in [3.63, 3.8) is 0 Å². The molecule has 0 amide bonds. The zero-order valence-corrected chi connectivity index (χ0v) is 11.2. The number of nitro groups is 1. The minimum atomic E-state index is -0.389. The van der Waals surface area contributed by atoms with E-state index >= 15 is 0 Å². The van der Waals surface area contributed by atoms with E-state index in [0.29, 0.717) is 0 Å². The molecule has 102 valence electrons. The van der Waals surface area contributed by atoms with Crippen molar-refractivity contribution in [3.8, 4) is 0 Å². The maximum atomic E-state index is 10.2. The Hall–Kier alpha value is -2.62. The maximum Gasteiger partial charge on any atom is 0.269 e. The van der Waals surface area contributed by atoms with Crippen molar-refractivity contribution in [1.82, 2.24) is 4.98 Å². The summed E-state index contributed by atoms with van der Waals surface area (Å²) in [6.45, 7) is 2.02. The number of aromatic amines is 1. The lowest BCUT2D eigenvalue weighted by atomic mass is 10.2. The topological polar surface area (TPSA) is 58.9 Å². The van der Waals surface area contributed by atoms with Crippen LogP contribution in [0, 0.1) is 10.1 Å². The fourth-order valence-corrected chi connectivity index (χ4v) is 1.85. The van der Waals surface area contributed by atoms with Gasteiger partial charge in [-0.25, -0.2) is 0 Å². The predicted octanol–water partition coefficient (Wildman–Crippen LogP) is 4.33. The molecule has 1 heterocycles. The number of rotatable bonds is 2. The number of benzene rings is 2. The second-order valence-corrected chi connectivity index (χ2v) is 4.34. The first kappa shape index (κ1) is 13.8. The highest BCUT2D eigenvalue weighted by molar-refractivity contribution is 5.78. The van der Waals surface area contributed by atoms with Crippen LogP contribution in [-0.4, -0.2) is 9.91 Å². The molecule has 3 aromatic rings. The van der Waals surface area contributed by atoms with E-state index in [2.05, 4.69) is 23.2 Å². The van der Waals surface area contributed by atoms with Crippen molar-refractivity contribution >= 4 is 16.6 Å². The third kappa shape index (κ3) is 3.45. The molecule has 0 spiro atoms. The molecule has 0 atom stereocenters. The molecule has 0 radical (unpaired) electrons. The highest BCUT2D eigenvalue weighted by Crippen LogP contribution is 2.11. The molecule has 1 N–H and O–H groups in total. The van der Waals surface area contributed by atoms with Crippen LogP contribution in [0.3, 0.4) is 0 Å². The number of para-hydroxylation sites is 1. The molecule has 3 rings (SSSR count). The number of nitro benzene ring substituents is 1. The van der Waals surface area contributed by atoms with Gasteiger partial charge in [0.2, 0.25) is 0 Å². The van der Waals surface area contributed by atoms with Gasteiger partial charge in [-0.3, -0.25) is 10.1 Å². The quantitative estimate of drug-likeness (QED) is 0.555. The first-order valence-electron chi connectivity index (χ1n) is 6.46. The van der Waals surface area contributed by atoms with Gasteiger partial charge >= 0.3 is 0 Å². The van der Waals surface area contributed by atoms with Crippen LogP contribution < -0.4 is 0 Å².